The van der Waals surface area contributed by atoms with Gasteiger partial charge in [0.05, 0.1) is 20.3 Å². The summed E-state index contributed by atoms with van der Waals surface area (Å²) in [7, 11) is 2.86. The molecular formula is C17H23F3N2O3. The molecule has 1 heterocycles. The van der Waals surface area contributed by atoms with E-state index in [9.17, 15) is 18.0 Å². The van der Waals surface area contributed by atoms with E-state index in [2.05, 4.69) is 4.90 Å². The zero-order valence-electron chi connectivity index (χ0n) is 14.6. The van der Waals surface area contributed by atoms with Crippen LogP contribution in [-0.4, -0.2) is 68.8 Å². The number of likely N-dealkylation sites (N-methyl/N-ethyl adjacent to an activating group) is 1. The van der Waals surface area contributed by atoms with Gasteiger partial charge in [-0.25, -0.2) is 18.0 Å². The van der Waals surface area contributed by atoms with Crippen molar-refractivity contribution >= 4 is 5.97 Å². The number of benzene rings is 1. The maximum atomic E-state index is 13.6. The zero-order valence-corrected chi connectivity index (χ0v) is 14.6. The standard InChI is InChI=1S/C17H23F3N2O3/c1-11-10-25-7-6-22(11)5-4-21(2)16(17(23)24-3)12-8-13(18)15(20)14(19)9-12/h8-9,11,16H,4-7,10H2,1-3H3/t11-,16+/m0/s1. The predicted octanol–water partition coefficient (Wildman–Crippen LogP) is 1.97. The maximum Gasteiger partial charge on any atom is 0.327 e. The lowest BCUT2D eigenvalue weighted by Crippen LogP contribution is -2.47. The van der Waals surface area contributed by atoms with Crippen LogP contribution in [0.1, 0.15) is 18.5 Å². The van der Waals surface area contributed by atoms with Crippen molar-refractivity contribution in [2.24, 2.45) is 0 Å². The molecule has 0 N–H and O–H groups in total. The molecule has 1 aromatic rings. The molecule has 8 heteroatoms. The van der Waals surface area contributed by atoms with Gasteiger partial charge in [0.25, 0.3) is 0 Å². The van der Waals surface area contributed by atoms with Gasteiger partial charge in [-0.05, 0) is 31.7 Å². The van der Waals surface area contributed by atoms with E-state index < -0.39 is 29.5 Å². The number of methoxy groups -OCH3 is 1. The fourth-order valence-corrected chi connectivity index (χ4v) is 2.92. The van der Waals surface area contributed by atoms with Crippen molar-refractivity contribution in [3.05, 3.63) is 35.1 Å². The molecule has 0 spiro atoms. The van der Waals surface area contributed by atoms with Gasteiger partial charge in [0.2, 0.25) is 0 Å². The molecule has 0 bridgehead atoms. The summed E-state index contributed by atoms with van der Waals surface area (Å²) in [5, 5.41) is 0. The van der Waals surface area contributed by atoms with Gasteiger partial charge in [0.1, 0.15) is 6.04 Å². The summed E-state index contributed by atoms with van der Waals surface area (Å²) in [6.45, 7) is 5.21. The Labute approximate surface area is 145 Å². The number of hydrogen-bond acceptors (Lipinski definition) is 5. The van der Waals surface area contributed by atoms with E-state index in [4.69, 9.17) is 9.47 Å². The number of ether oxygens (including phenoxy) is 2. The number of morpholine rings is 1. The van der Waals surface area contributed by atoms with Gasteiger partial charge >= 0.3 is 5.97 Å². The van der Waals surface area contributed by atoms with Crippen molar-refractivity contribution in [2.75, 3.05) is 47.0 Å². The second-order valence-corrected chi connectivity index (χ2v) is 6.16. The minimum atomic E-state index is -1.56. The highest BCUT2D eigenvalue weighted by Gasteiger charge is 2.29. The molecule has 1 aliphatic heterocycles. The third kappa shape index (κ3) is 4.71. The van der Waals surface area contributed by atoms with Gasteiger partial charge in [-0.1, -0.05) is 0 Å². The van der Waals surface area contributed by atoms with E-state index in [1.165, 1.54) is 7.11 Å². The van der Waals surface area contributed by atoms with Crippen molar-refractivity contribution < 1.29 is 27.4 Å². The van der Waals surface area contributed by atoms with Crippen molar-refractivity contribution in [1.29, 1.82) is 0 Å². The molecule has 5 nitrogen and oxygen atoms in total. The molecule has 0 unspecified atom stereocenters. The Hall–Kier alpha value is -1.64. The summed E-state index contributed by atoms with van der Waals surface area (Å²) in [5.41, 5.74) is 0.0146. The van der Waals surface area contributed by atoms with Gasteiger partial charge < -0.3 is 9.47 Å². The number of hydrogen-bond donors (Lipinski definition) is 0. The fraction of sp³-hybridized carbons (Fsp3) is 0.588. The van der Waals surface area contributed by atoms with Gasteiger partial charge in [0, 0.05) is 25.7 Å². The number of carbonyl (C=O) groups excluding carboxylic acids is 1. The Morgan fingerprint density at radius 1 is 1.40 bits per heavy atom. The van der Waals surface area contributed by atoms with Gasteiger partial charge in [-0.3, -0.25) is 9.80 Å². The average molecular weight is 360 g/mol. The first-order valence-electron chi connectivity index (χ1n) is 8.09. The number of nitrogens with zero attached hydrogens (tertiary/aromatic N) is 2. The number of halogens is 3. The van der Waals surface area contributed by atoms with E-state index in [1.54, 1.807) is 11.9 Å². The summed E-state index contributed by atoms with van der Waals surface area (Å²) in [6, 6.07) is 0.882. The normalized spacial score (nSPS) is 19.9. The number of rotatable bonds is 6. The van der Waals surface area contributed by atoms with Crippen LogP contribution in [0.5, 0.6) is 0 Å². The molecule has 0 saturated carbocycles. The molecule has 0 amide bonds. The monoisotopic (exact) mass is 360 g/mol. The second-order valence-electron chi connectivity index (χ2n) is 6.16. The summed E-state index contributed by atoms with van der Waals surface area (Å²) in [5.74, 6) is -4.89. The Morgan fingerprint density at radius 3 is 2.60 bits per heavy atom. The Bertz CT molecular complexity index is 592. The molecule has 1 aliphatic rings. The lowest BCUT2D eigenvalue weighted by molar-refractivity contribution is -0.147. The van der Waals surface area contributed by atoms with Crippen LogP contribution in [0.15, 0.2) is 12.1 Å². The van der Waals surface area contributed by atoms with Crippen LogP contribution in [0.4, 0.5) is 13.2 Å². The summed E-state index contributed by atoms with van der Waals surface area (Å²) in [4.78, 5) is 16.0. The minimum absolute atomic E-state index is 0.0146. The van der Waals surface area contributed by atoms with Crippen LogP contribution >= 0.6 is 0 Å². The van der Waals surface area contributed by atoms with E-state index >= 15 is 0 Å². The molecule has 1 fully saturated rings. The van der Waals surface area contributed by atoms with Crippen LogP contribution < -0.4 is 0 Å². The van der Waals surface area contributed by atoms with Crippen LogP contribution in [0.25, 0.3) is 0 Å². The summed E-state index contributed by atoms with van der Waals surface area (Å²) >= 11 is 0. The van der Waals surface area contributed by atoms with E-state index in [-0.39, 0.29) is 11.6 Å². The largest absolute Gasteiger partial charge is 0.468 e. The third-order valence-electron chi connectivity index (χ3n) is 4.43. The molecule has 0 aromatic heterocycles. The smallest absolute Gasteiger partial charge is 0.327 e. The van der Waals surface area contributed by atoms with Gasteiger partial charge in [-0.15, -0.1) is 0 Å². The van der Waals surface area contributed by atoms with Gasteiger partial charge in [0.15, 0.2) is 17.5 Å². The second kappa shape index (κ2) is 8.64. The van der Waals surface area contributed by atoms with E-state index in [1.807, 2.05) is 6.92 Å². The van der Waals surface area contributed by atoms with Crippen molar-refractivity contribution in [3.63, 3.8) is 0 Å². The Morgan fingerprint density at radius 2 is 2.04 bits per heavy atom. The third-order valence-corrected chi connectivity index (χ3v) is 4.43. The van der Waals surface area contributed by atoms with Crippen LogP contribution in [0, 0.1) is 17.5 Å². The predicted molar refractivity (Wildman–Crippen MR) is 85.6 cm³/mol. The highest BCUT2D eigenvalue weighted by atomic mass is 19.2. The lowest BCUT2D eigenvalue weighted by atomic mass is 10.0. The van der Waals surface area contributed by atoms with Gasteiger partial charge in [-0.2, -0.15) is 0 Å². The summed E-state index contributed by atoms with van der Waals surface area (Å²) < 4.78 is 50.4. The molecule has 0 radical (unpaired) electrons. The fourth-order valence-electron chi connectivity index (χ4n) is 2.92. The molecule has 2 atom stereocenters. The van der Waals surface area contributed by atoms with Crippen LogP contribution in [0.3, 0.4) is 0 Å². The van der Waals surface area contributed by atoms with Crippen molar-refractivity contribution in [1.82, 2.24) is 9.80 Å². The molecule has 1 saturated heterocycles. The number of esters is 1. The molecule has 1 aromatic carbocycles. The number of carbonyl (C=O) groups is 1. The zero-order chi connectivity index (χ0) is 18.6. The first kappa shape index (κ1) is 19.7. The molecule has 2 rings (SSSR count). The first-order valence-corrected chi connectivity index (χ1v) is 8.09. The molecule has 25 heavy (non-hydrogen) atoms. The first-order chi connectivity index (χ1) is 11.8. The minimum Gasteiger partial charge on any atom is -0.468 e. The quantitative estimate of drug-likeness (QED) is 0.573. The molecular weight excluding hydrogens is 337 g/mol. The Balaban J connectivity index is 2.15. The topological polar surface area (TPSA) is 42.0 Å². The van der Waals surface area contributed by atoms with Crippen molar-refractivity contribution in [3.8, 4) is 0 Å². The van der Waals surface area contributed by atoms with E-state index in [0.29, 0.717) is 26.3 Å². The van der Waals surface area contributed by atoms with Crippen LogP contribution in [-0.2, 0) is 14.3 Å². The Kier molecular flexibility index (Phi) is 6.80. The average Bonchev–Trinajstić information content (AvgIpc) is 2.58. The van der Waals surface area contributed by atoms with E-state index in [0.717, 1.165) is 18.7 Å². The SMILES string of the molecule is COC(=O)[C@@H](c1cc(F)c(F)c(F)c1)N(C)CCN1CCOC[C@@H]1C. The lowest BCUT2D eigenvalue weighted by Gasteiger charge is -2.35. The highest BCUT2D eigenvalue weighted by Crippen LogP contribution is 2.25. The highest BCUT2D eigenvalue weighted by molar-refractivity contribution is 5.77. The summed E-state index contributed by atoms with van der Waals surface area (Å²) in [6.07, 6.45) is 0. The molecule has 140 valence electrons. The maximum absolute atomic E-state index is 13.6. The van der Waals surface area contributed by atoms with Crippen LogP contribution in [0.2, 0.25) is 0 Å². The molecule has 0 aliphatic carbocycles. The van der Waals surface area contributed by atoms with Crippen molar-refractivity contribution in [2.45, 2.75) is 19.0 Å².